The van der Waals surface area contributed by atoms with Crippen LogP contribution in [0.5, 0.6) is 0 Å². The number of hydrogen-bond donors (Lipinski definition) is 2. The summed E-state index contributed by atoms with van der Waals surface area (Å²) in [6, 6.07) is 3.12. The van der Waals surface area contributed by atoms with Crippen molar-refractivity contribution in [2.45, 2.75) is 25.7 Å². The van der Waals surface area contributed by atoms with Crippen molar-refractivity contribution in [1.82, 2.24) is 0 Å². The summed E-state index contributed by atoms with van der Waals surface area (Å²) < 4.78 is 27.4. The number of carbonyl (C=O) groups excluding carboxylic acids is 1. The van der Waals surface area contributed by atoms with Crippen LogP contribution >= 0.6 is 11.3 Å². The zero-order valence-electron chi connectivity index (χ0n) is 12.0. The highest BCUT2D eigenvalue weighted by atomic mass is 32.1. The molecule has 3 rings (SSSR count). The Morgan fingerprint density at radius 2 is 1.74 bits per heavy atom. The fourth-order valence-corrected chi connectivity index (χ4v) is 4.04. The number of carboxylic acids is 1. The Balaban J connectivity index is 1.98. The van der Waals surface area contributed by atoms with Crippen LogP contribution in [-0.2, 0) is 12.8 Å². The number of carbonyl (C=O) groups is 2. The maximum absolute atomic E-state index is 13.7. The Bertz CT molecular complexity index is 781. The average Bonchev–Trinajstić information content (AvgIpc) is 2.84. The summed E-state index contributed by atoms with van der Waals surface area (Å²) in [5.41, 5.74) is 0.0445. The van der Waals surface area contributed by atoms with E-state index in [9.17, 15) is 23.5 Å². The number of hydrogen-bond acceptors (Lipinski definition) is 3. The Kier molecular flexibility index (Phi) is 4.12. The largest absolute Gasteiger partial charge is 0.478 e. The predicted molar refractivity (Wildman–Crippen MR) is 82.2 cm³/mol. The van der Waals surface area contributed by atoms with Crippen molar-refractivity contribution in [3.05, 3.63) is 51.4 Å². The van der Waals surface area contributed by atoms with Crippen molar-refractivity contribution in [2.75, 3.05) is 5.32 Å². The van der Waals surface area contributed by atoms with Crippen molar-refractivity contribution in [1.29, 1.82) is 0 Å². The first-order chi connectivity index (χ1) is 11.0. The molecule has 1 aliphatic rings. The minimum Gasteiger partial charge on any atom is -0.478 e. The number of fused-ring (bicyclic) bond motifs is 1. The van der Waals surface area contributed by atoms with Gasteiger partial charge in [-0.25, -0.2) is 13.6 Å². The van der Waals surface area contributed by atoms with Crippen LogP contribution in [-0.4, -0.2) is 17.0 Å². The molecule has 0 saturated heterocycles. The van der Waals surface area contributed by atoms with E-state index in [0.717, 1.165) is 47.9 Å². The van der Waals surface area contributed by atoms with Gasteiger partial charge in [-0.05, 0) is 43.4 Å². The van der Waals surface area contributed by atoms with Crippen LogP contribution in [0, 0.1) is 11.6 Å². The molecule has 0 radical (unpaired) electrons. The molecule has 120 valence electrons. The lowest BCUT2D eigenvalue weighted by molar-refractivity contribution is 0.0697. The third kappa shape index (κ3) is 2.84. The molecule has 1 aromatic carbocycles. The maximum Gasteiger partial charge on any atom is 0.339 e. The Morgan fingerprint density at radius 3 is 2.39 bits per heavy atom. The summed E-state index contributed by atoms with van der Waals surface area (Å²) in [7, 11) is 0. The third-order valence-corrected chi connectivity index (χ3v) is 5.01. The molecule has 0 unspecified atom stereocenters. The van der Waals surface area contributed by atoms with Gasteiger partial charge in [0.05, 0.1) is 5.56 Å². The number of carboxylic acid groups (broad SMARTS) is 1. The topological polar surface area (TPSA) is 66.4 Å². The number of thiophene rings is 1. The molecular formula is C16H13F2NO3S. The second-order valence-corrected chi connectivity index (χ2v) is 6.38. The molecule has 0 aliphatic heterocycles. The zero-order valence-corrected chi connectivity index (χ0v) is 12.8. The van der Waals surface area contributed by atoms with Crippen molar-refractivity contribution in [3.63, 3.8) is 0 Å². The van der Waals surface area contributed by atoms with Gasteiger partial charge in [-0.2, -0.15) is 0 Å². The molecule has 23 heavy (non-hydrogen) atoms. The maximum atomic E-state index is 13.7. The molecule has 0 saturated carbocycles. The SMILES string of the molecule is O=C(Nc1sc2c(c1C(=O)O)CCCC2)c1c(F)cccc1F. The second-order valence-electron chi connectivity index (χ2n) is 5.27. The van der Waals surface area contributed by atoms with Crippen LogP contribution in [0.3, 0.4) is 0 Å². The van der Waals surface area contributed by atoms with Crippen LogP contribution in [0.15, 0.2) is 18.2 Å². The number of amides is 1. The van der Waals surface area contributed by atoms with E-state index in [4.69, 9.17) is 0 Å². The number of aromatic carboxylic acids is 1. The number of rotatable bonds is 3. The van der Waals surface area contributed by atoms with Gasteiger partial charge in [0, 0.05) is 4.88 Å². The summed E-state index contributed by atoms with van der Waals surface area (Å²) in [6.07, 6.45) is 3.24. The molecule has 1 aliphatic carbocycles. The van der Waals surface area contributed by atoms with Gasteiger partial charge in [-0.1, -0.05) is 6.07 Å². The molecule has 0 spiro atoms. The lowest BCUT2D eigenvalue weighted by Crippen LogP contribution is -2.17. The second kappa shape index (κ2) is 6.08. The standard InChI is InChI=1S/C16H13F2NO3S/c17-9-5-3-6-10(18)13(9)14(20)19-15-12(16(21)22)8-4-1-2-7-11(8)23-15/h3,5-6H,1-2,4,7H2,(H,19,20)(H,21,22). The van der Waals surface area contributed by atoms with Gasteiger partial charge in [-0.15, -0.1) is 11.3 Å². The molecule has 7 heteroatoms. The molecule has 4 nitrogen and oxygen atoms in total. The van der Waals surface area contributed by atoms with Gasteiger partial charge in [0.15, 0.2) is 0 Å². The van der Waals surface area contributed by atoms with E-state index in [1.54, 1.807) is 0 Å². The first kappa shape index (κ1) is 15.6. The van der Waals surface area contributed by atoms with Crippen LogP contribution in [0.1, 0.15) is 44.0 Å². The fraction of sp³-hybridized carbons (Fsp3) is 0.250. The van der Waals surface area contributed by atoms with E-state index in [1.165, 1.54) is 11.3 Å². The minimum atomic E-state index is -1.14. The summed E-state index contributed by atoms with van der Waals surface area (Å²) in [6.45, 7) is 0. The minimum absolute atomic E-state index is 0.0368. The number of halogens is 2. The van der Waals surface area contributed by atoms with Crippen LogP contribution < -0.4 is 5.32 Å². The molecule has 1 amide bonds. The first-order valence-corrected chi connectivity index (χ1v) is 7.94. The van der Waals surface area contributed by atoms with E-state index in [-0.39, 0.29) is 10.6 Å². The fourth-order valence-electron chi connectivity index (χ4n) is 2.76. The highest BCUT2D eigenvalue weighted by molar-refractivity contribution is 7.17. The van der Waals surface area contributed by atoms with Crippen molar-refractivity contribution in [3.8, 4) is 0 Å². The summed E-state index contributed by atoms with van der Waals surface area (Å²) in [5, 5.41) is 11.9. The van der Waals surface area contributed by atoms with Crippen LogP contribution in [0.4, 0.5) is 13.8 Å². The van der Waals surface area contributed by atoms with Gasteiger partial charge in [0.2, 0.25) is 0 Å². The Hall–Kier alpha value is -2.28. The van der Waals surface area contributed by atoms with Crippen molar-refractivity contribution < 1.29 is 23.5 Å². The average molecular weight is 337 g/mol. The summed E-state index contributed by atoms with van der Waals surface area (Å²) in [5.74, 6) is -4.10. The van der Waals surface area contributed by atoms with Gasteiger partial charge >= 0.3 is 5.97 Å². The monoisotopic (exact) mass is 337 g/mol. The van der Waals surface area contributed by atoms with E-state index >= 15 is 0 Å². The Morgan fingerprint density at radius 1 is 1.09 bits per heavy atom. The summed E-state index contributed by atoms with van der Waals surface area (Å²) >= 11 is 1.17. The highest BCUT2D eigenvalue weighted by Crippen LogP contribution is 2.38. The van der Waals surface area contributed by atoms with Crippen molar-refractivity contribution >= 4 is 28.2 Å². The van der Waals surface area contributed by atoms with Crippen molar-refractivity contribution in [2.24, 2.45) is 0 Å². The summed E-state index contributed by atoms with van der Waals surface area (Å²) in [4.78, 5) is 24.6. The number of anilines is 1. The first-order valence-electron chi connectivity index (χ1n) is 7.12. The van der Waals surface area contributed by atoms with E-state index in [1.807, 2.05) is 0 Å². The van der Waals surface area contributed by atoms with Gasteiger partial charge < -0.3 is 10.4 Å². The normalized spacial score (nSPS) is 13.5. The molecule has 0 bridgehead atoms. The lowest BCUT2D eigenvalue weighted by Gasteiger charge is -2.10. The van der Waals surface area contributed by atoms with E-state index < -0.39 is 29.1 Å². The molecule has 0 atom stereocenters. The zero-order chi connectivity index (χ0) is 16.6. The van der Waals surface area contributed by atoms with Gasteiger partial charge in [-0.3, -0.25) is 4.79 Å². The van der Waals surface area contributed by atoms with E-state index in [2.05, 4.69) is 5.32 Å². The highest BCUT2D eigenvalue weighted by Gasteiger charge is 2.27. The Labute approximate surface area is 134 Å². The van der Waals surface area contributed by atoms with E-state index in [0.29, 0.717) is 6.42 Å². The van der Waals surface area contributed by atoms with Gasteiger partial charge in [0.1, 0.15) is 22.2 Å². The molecule has 1 heterocycles. The molecular weight excluding hydrogens is 324 g/mol. The quantitative estimate of drug-likeness (QED) is 0.894. The molecule has 2 aromatic rings. The molecule has 1 aromatic heterocycles. The van der Waals surface area contributed by atoms with Crippen LogP contribution in [0.2, 0.25) is 0 Å². The number of benzene rings is 1. The van der Waals surface area contributed by atoms with Crippen LogP contribution in [0.25, 0.3) is 0 Å². The third-order valence-electron chi connectivity index (χ3n) is 3.80. The number of aryl methyl sites for hydroxylation is 1. The molecule has 0 fully saturated rings. The van der Waals surface area contributed by atoms with Gasteiger partial charge in [0.25, 0.3) is 5.91 Å². The smallest absolute Gasteiger partial charge is 0.339 e. The number of nitrogens with one attached hydrogen (secondary N) is 1. The predicted octanol–water partition coefficient (Wildman–Crippen LogP) is 3.86. The molecule has 2 N–H and O–H groups in total. The lowest BCUT2D eigenvalue weighted by atomic mass is 9.95.